The molecule has 8 heteroatoms. The number of aromatic hydroxyl groups is 1. The van der Waals surface area contributed by atoms with E-state index in [2.05, 4.69) is 4.98 Å². The van der Waals surface area contributed by atoms with Crippen molar-refractivity contribution in [3.8, 4) is 28.9 Å². The van der Waals surface area contributed by atoms with Crippen LogP contribution in [0.4, 0.5) is 5.13 Å². The van der Waals surface area contributed by atoms with Crippen molar-refractivity contribution in [3.63, 3.8) is 0 Å². The number of nitrogen functional groups attached to an aromatic ring is 1. The van der Waals surface area contributed by atoms with Gasteiger partial charge in [0.1, 0.15) is 10.6 Å². The predicted octanol–water partition coefficient (Wildman–Crippen LogP) is 2.65. The highest BCUT2D eigenvalue weighted by Gasteiger charge is 2.24. The molecule has 3 N–H and O–H groups in total. The van der Waals surface area contributed by atoms with Gasteiger partial charge in [0.05, 0.1) is 0 Å². The van der Waals surface area contributed by atoms with Crippen LogP contribution in [0.5, 0.6) is 17.4 Å². The smallest absolute Gasteiger partial charge is 0.282 e. The Morgan fingerprint density at radius 1 is 1.22 bits per heavy atom. The summed E-state index contributed by atoms with van der Waals surface area (Å²) in [6, 6.07) is 7.84. The molecule has 23 heavy (non-hydrogen) atoms. The van der Waals surface area contributed by atoms with E-state index in [4.69, 9.17) is 19.6 Å². The van der Waals surface area contributed by atoms with E-state index in [1.165, 1.54) is 12.1 Å². The van der Waals surface area contributed by atoms with Crippen LogP contribution in [-0.4, -0.2) is 22.7 Å². The second kappa shape index (κ2) is 5.03. The first kappa shape index (κ1) is 13.6. The number of fused-ring (bicyclic) bond motifs is 1. The molecule has 0 unspecified atom stereocenters. The number of benzene rings is 1. The Kier molecular flexibility index (Phi) is 2.98. The highest BCUT2D eigenvalue weighted by Crippen LogP contribution is 2.36. The van der Waals surface area contributed by atoms with Gasteiger partial charge in [-0.3, -0.25) is 4.79 Å². The maximum Gasteiger partial charge on any atom is 0.282 e. The van der Waals surface area contributed by atoms with Crippen molar-refractivity contribution in [1.82, 2.24) is 4.98 Å². The summed E-state index contributed by atoms with van der Waals surface area (Å²) in [5.74, 6) is 0.878. The van der Waals surface area contributed by atoms with Crippen LogP contribution in [0.25, 0.3) is 11.5 Å². The van der Waals surface area contributed by atoms with E-state index in [9.17, 15) is 9.90 Å². The van der Waals surface area contributed by atoms with E-state index in [-0.39, 0.29) is 29.4 Å². The molecular formula is C15H10N2O5S. The molecule has 0 atom stereocenters. The largest absolute Gasteiger partial charge is 0.481 e. The third-order valence-corrected chi connectivity index (χ3v) is 4.19. The first-order chi connectivity index (χ1) is 11.1. The van der Waals surface area contributed by atoms with Crippen molar-refractivity contribution in [2.45, 2.75) is 0 Å². The van der Waals surface area contributed by atoms with Gasteiger partial charge in [-0.15, -0.1) is 0 Å². The molecule has 0 radical (unpaired) electrons. The average molecular weight is 330 g/mol. The van der Waals surface area contributed by atoms with Gasteiger partial charge in [0.15, 0.2) is 22.4 Å². The maximum atomic E-state index is 12.8. The number of carbonyl (C=O) groups is 1. The monoisotopic (exact) mass is 330 g/mol. The lowest BCUT2D eigenvalue weighted by molar-refractivity contribution is 0.104. The Hall–Kier alpha value is -3.00. The predicted molar refractivity (Wildman–Crippen MR) is 81.9 cm³/mol. The van der Waals surface area contributed by atoms with Gasteiger partial charge in [-0.25, -0.2) is 4.98 Å². The van der Waals surface area contributed by atoms with Gasteiger partial charge < -0.3 is 24.7 Å². The lowest BCUT2D eigenvalue weighted by atomic mass is 10.1. The zero-order valence-corrected chi connectivity index (χ0v) is 12.4. The van der Waals surface area contributed by atoms with Gasteiger partial charge in [-0.1, -0.05) is 11.3 Å². The number of ether oxygens (including phenoxy) is 2. The summed E-state index contributed by atoms with van der Waals surface area (Å²) in [6.07, 6.45) is 0. The molecule has 7 nitrogen and oxygen atoms in total. The van der Waals surface area contributed by atoms with E-state index in [0.29, 0.717) is 27.6 Å². The summed E-state index contributed by atoms with van der Waals surface area (Å²) in [6.45, 7) is 0.136. The number of ketones is 1. The summed E-state index contributed by atoms with van der Waals surface area (Å²) in [5, 5.41) is 9.57. The van der Waals surface area contributed by atoms with E-state index >= 15 is 0 Å². The number of rotatable bonds is 3. The minimum absolute atomic E-state index is 0.136. The lowest BCUT2D eigenvalue weighted by Crippen LogP contribution is -2.00. The van der Waals surface area contributed by atoms with Crippen LogP contribution in [0, 0.1) is 0 Å². The summed E-state index contributed by atoms with van der Waals surface area (Å²) < 4.78 is 15.6. The van der Waals surface area contributed by atoms with Gasteiger partial charge in [-0.05, 0) is 24.3 Å². The number of thiazole rings is 1. The Morgan fingerprint density at radius 3 is 2.83 bits per heavy atom. The maximum absolute atomic E-state index is 12.8. The average Bonchev–Trinajstić information content (AvgIpc) is 3.24. The van der Waals surface area contributed by atoms with Crippen molar-refractivity contribution < 1.29 is 23.8 Å². The number of furan rings is 1. The number of carbonyl (C=O) groups excluding carboxylic acids is 1. The molecule has 1 aliphatic heterocycles. The van der Waals surface area contributed by atoms with E-state index in [1.807, 2.05) is 0 Å². The third-order valence-electron chi connectivity index (χ3n) is 3.31. The van der Waals surface area contributed by atoms with Crippen molar-refractivity contribution in [2.24, 2.45) is 0 Å². The summed E-state index contributed by atoms with van der Waals surface area (Å²) in [4.78, 5) is 17.2. The van der Waals surface area contributed by atoms with Crippen LogP contribution >= 0.6 is 11.3 Å². The molecule has 1 aromatic carbocycles. The Labute approximate surface area is 133 Å². The second-order valence-corrected chi connectivity index (χ2v) is 5.80. The normalized spacial score (nSPS) is 12.5. The minimum Gasteiger partial charge on any atom is -0.481 e. The quantitative estimate of drug-likeness (QED) is 0.711. The van der Waals surface area contributed by atoms with E-state index in [0.717, 1.165) is 11.3 Å². The van der Waals surface area contributed by atoms with Gasteiger partial charge in [0, 0.05) is 11.6 Å². The van der Waals surface area contributed by atoms with E-state index in [1.54, 1.807) is 18.2 Å². The van der Waals surface area contributed by atoms with Gasteiger partial charge in [-0.2, -0.15) is 0 Å². The van der Waals surface area contributed by atoms with Crippen molar-refractivity contribution in [3.05, 3.63) is 40.8 Å². The molecule has 0 bridgehead atoms. The molecule has 3 aromatic rings. The van der Waals surface area contributed by atoms with Gasteiger partial charge in [0.2, 0.25) is 12.6 Å². The number of aromatic nitrogens is 1. The standard InChI is InChI=1S/C15H10N2O5S/c16-15-17-12(9-3-4-11(18)22-9)14(23-15)13(19)7-1-2-8-10(5-7)21-6-20-8/h1-5,18H,6H2,(H2,16,17). The number of anilines is 1. The molecule has 0 saturated carbocycles. The molecule has 0 saturated heterocycles. The van der Waals surface area contributed by atoms with Crippen LogP contribution in [0.1, 0.15) is 15.2 Å². The van der Waals surface area contributed by atoms with Gasteiger partial charge >= 0.3 is 0 Å². The number of hydrogen-bond acceptors (Lipinski definition) is 8. The minimum atomic E-state index is -0.261. The Morgan fingerprint density at radius 2 is 2.04 bits per heavy atom. The summed E-state index contributed by atoms with van der Waals surface area (Å²) >= 11 is 1.06. The third kappa shape index (κ3) is 2.29. The molecule has 0 spiro atoms. The molecule has 0 fully saturated rings. The first-order valence-corrected chi connectivity index (χ1v) is 7.43. The molecule has 3 heterocycles. The summed E-state index contributed by atoms with van der Waals surface area (Å²) in [7, 11) is 0. The van der Waals surface area contributed by atoms with Crippen molar-refractivity contribution in [2.75, 3.05) is 12.5 Å². The molecule has 1 aliphatic rings. The molecule has 0 amide bonds. The SMILES string of the molecule is Nc1nc(-c2ccc(O)o2)c(C(=O)c2ccc3c(c2)OCO3)s1. The van der Waals surface area contributed by atoms with Crippen molar-refractivity contribution in [1.29, 1.82) is 0 Å². The first-order valence-electron chi connectivity index (χ1n) is 6.61. The summed E-state index contributed by atoms with van der Waals surface area (Å²) in [5.41, 5.74) is 6.46. The fourth-order valence-electron chi connectivity index (χ4n) is 2.28. The lowest BCUT2D eigenvalue weighted by Gasteiger charge is -2.02. The number of hydrogen-bond donors (Lipinski definition) is 2. The molecule has 0 aliphatic carbocycles. The fraction of sp³-hybridized carbons (Fsp3) is 0.0667. The fourth-order valence-corrected chi connectivity index (χ4v) is 3.08. The van der Waals surface area contributed by atoms with Gasteiger partial charge in [0.25, 0.3) is 5.95 Å². The van der Waals surface area contributed by atoms with Crippen LogP contribution in [0.15, 0.2) is 34.7 Å². The topological polar surface area (TPSA) is 108 Å². The molecule has 4 rings (SSSR count). The Balaban J connectivity index is 1.77. The van der Waals surface area contributed by atoms with Crippen LogP contribution in [0.2, 0.25) is 0 Å². The van der Waals surface area contributed by atoms with E-state index < -0.39 is 0 Å². The molecule has 2 aromatic heterocycles. The molecule has 116 valence electrons. The number of nitrogens with zero attached hydrogens (tertiary/aromatic N) is 1. The van der Waals surface area contributed by atoms with Crippen molar-refractivity contribution >= 4 is 22.3 Å². The number of nitrogens with two attached hydrogens (primary N) is 1. The Bertz CT molecular complexity index is 914. The highest BCUT2D eigenvalue weighted by molar-refractivity contribution is 7.18. The zero-order valence-electron chi connectivity index (χ0n) is 11.6. The highest BCUT2D eigenvalue weighted by atomic mass is 32.1. The van der Waals surface area contributed by atoms with Crippen LogP contribution in [0.3, 0.4) is 0 Å². The van der Waals surface area contributed by atoms with Crippen LogP contribution < -0.4 is 15.2 Å². The van der Waals surface area contributed by atoms with Crippen LogP contribution in [-0.2, 0) is 0 Å². The molecular weight excluding hydrogens is 320 g/mol. The second-order valence-electron chi connectivity index (χ2n) is 4.76. The zero-order chi connectivity index (χ0) is 16.0.